The molecule has 0 aliphatic heterocycles. The smallest absolute Gasteiger partial charge is 0.318 e. The molecule has 3 atom stereocenters. The maximum Gasteiger partial charge on any atom is 0.318 e. The Hall–Kier alpha value is -4.72. The van der Waals surface area contributed by atoms with Crippen LogP contribution >= 0.6 is 0 Å². The lowest BCUT2D eigenvalue weighted by Gasteiger charge is -2.33. The zero-order valence-electron chi connectivity index (χ0n) is 39.0. The van der Waals surface area contributed by atoms with E-state index in [1.807, 2.05) is 0 Å². The predicted molar refractivity (Wildman–Crippen MR) is 223 cm³/mol. The third-order valence-corrected chi connectivity index (χ3v) is 10.8. The number of esters is 7. The van der Waals surface area contributed by atoms with Crippen molar-refractivity contribution in [3.8, 4) is 0 Å². The van der Waals surface area contributed by atoms with Gasteiger partial charge in [-0.2, -0.15) is 4.91 Å². The molecule has 0 rings (SSSR count). The first-order chi connectivity index (χ1) is 30.6. The van der Waals surface area contributed by atoms with Gasteiger partial charge in [0, 0.05) is 6.42 Å². The Kier molecular flexibility index (Phi) is 25.2. The maximum atomic E-state index is 14.0. The fraction of sp³-hybridized carbons (Fsp3) is 0.810. The van der Waals surface area contributed by atoms with Gasteiger partial charge in [0.1, 0.15) is 83.3 Å². The van der Waals surface area contributed by atoms with Gasteiger partial charge in [0.25, 0.3) is 0 Å². The molecule has 0 aromatic rings. The lowest BCUT2D eigenvalue weighted by molar-refractivity contribution is -0.185. The number of ether oxygens (including phenoxy) is 7. The number of hydrogen-bond acceptors (Lipinski definition) is 24. The van der Waals surface area contributed by atoms with E-state index in [0.717, 1.165) is 48.5 Å². The molecule has 24 heteroatoms. The van der Waals surface area contributed by atoms with Crippen LogP contribution in [-0.2, 0) is 71.5 Å². The highest BCUT2D eigenvalue weighted by molar-refractivity contribution is 5.84. The average Bonchev–Trinajstić information content (AvgIpc) is 3.31. The van der Waals surface area contributed by atoms with Crippen LogP contribution in [0.5, 0.6) is 0 Å². The van der Waals surface area contributed by atoms with Gasteiger partial charge in [0.2, 0.25) is 0 Å². The number of carbonyl (C=O) groups excluding carboxylic acids is 8. The van der Waals surface area contributed by atoms with Gasteiger partial charge >= 0.3 is 41.8 Å². The van der Waals surface area contributed by atoms with Gasteiger partial charge in [-0.25, -0.2) is 0 Å². The predicted octanol–water partition coefficient (Wildman–Crippen LogP) is -1.31. The van der Waals surface area contributed by atoms with Crippen molar-refractivity contribution in [1.29, 1.82) is 0 Å². The van der Waals surface area contributed by atoms with Crippen molar-refractivity contribution in [2.45, 2.75) is 81.1 Å². The highest BCUT2D eigenvalue weighted by Crippen LogP contribution is 2.31. The molecular weight excluding hydrogens is 886 g/mol. The molecule has 0 aliphatic rings. The summed E-state index contributed by atoms with van der Waals surface area (Å²) in [5.41, 5.74) is -13.9. The lowest BCUT2D eigenvalue weighted by atomic mass is 9.89. The van der Waals surface area contributed by atoms with Crippen LogP contribution in [0.15, 0.2) is 5.18 Å². The van der Waals surface area contributed by atoms with Crippen LogP contribution in [0.4, 0.5) is 0 Å². The van der Waals surface area contributed by atoms with Crippen LogP contribution in [0, 0.1) is 42.8 Å². The number of carbonyl (C=O) groups is 8. The van der Waals surface area contributed by atoms with E-state index in [4.69, 9.17) is 33.2 Å². The summed E-state index contributed by atoms with van der Waals surface area (Å²) in [5, 5.41) is 70.5. The molecule has 0 aromatic carbocycles. The molecule has 0 fully saturated rings. The Morgan fingerprint density at radius 1 is 0.364 bits per heavy atom. The Balaban J connectivity index is 6.98. The van der Waals surface area contributed by atoms with Gasteiger partial charge in [-0.05, 0) is 74.7 Å². The molecule has 0 saturated carbocycles. The van der Waals surface area contributed by atoms with E-state index in [0.29, 0.717) is 12.8 Å². The zero-order valence-corrected chi connectivity index (χ0v) is 39.0. The Bertz CT molecular complexity index is 1620. The van der Waals surface area contributed by atoms with Crippen LogP contribution in [0.2, 0.25) is 0 Å². The van der Waals surface area contributed by atoms with E-state index in [-0.39, 0.29) is 25.2 Å². The van der Waals surface area contributed by atoms with E-state index >= 15 is 0 Å². The first kappa shape index (κ1) is 61.3. The third kappa shape index (κ3) is 17.5. The Labute approximate surface area is 382 Å². The number of ketones is 1. The molecule has 0 saturated heterocycles. The number of hydrogen-bond donors (Lipinski definition) is 7. The average molecular weight is 956 g/mol. The monoisotopic (exact) mass is 955 g/mol. The second kappa shape index (κ2) is 27.2. The maximum absolute atomic E-state index is 14.0. The van der Waals surface area contributed by atoms with Gasteiger partial charge in [0.05, 0.1) is 59.4 Å². The van der Waals surface area contributed by atoms with E-state index in [9.17, 15) is 79.0 Å². The normalized spacial score (nSPS) is 14.8. The molecule has 3 unspecified atom stereocenters. The van der Waals surface area contributed by atoms with E-state index < -0.39 is 172 Å². The SMILES string of the molecule is CC(=O)CCCCCOC(=O)C(C)(COC(=O)C(C)(COC(=O)C(C)(CO)CO)COC(=O)C(C)(CO)CO)COC(=O)C(C)(COC(=O)C(C)(CO)CO)COC(=O)C(C)(CO)CN=O. The standard InChI is InChI=1S/C42H69NO23/c1-28(51)12-10-9-11-13-60-33(56)40(6,23-66-35(58)42(8,26-63-31(54)38(4,18-47)19-48)27-64-32(55)39(5,20-49)21-50)22-65-34(57)41(7,25-62-30(53)37(3,16-45)17-46)24-61-29(52)36(2,15-44)14-43-59/h44-50H,9-27H2,1-8H3. The van der Waals surface area contributed by atoms with E-state index in [1.165, 1.54) is 6.92 Å². The van der Waals surface area contributed by atoms with Crippen molar-refractivity contribution in [3.05, 3.63) is 4.91 Å². The van der Waals surface area contributed by atoms with Crippen LogP contribution in [0.1, 0.15) is 81.1 Å². The van der Waals surface area contributed by atoms with Gasteiger partial charge in [-0.1, -0.05) is 5.18 Å². The van der Waals surface area contributed by atoms with Crippen molar-refractivity contribution in [3.63, 3.8) is 0 Å². The number of nitroso groups, excluding NO2 is 1. The van der Waals surface area contributed by atoms with Gasteiger partial charge in [-0.3, -0.25) is 33.6 Å². The first-order valence-electron chi connectivity index (χ1n) is 20.8. The Morgan fingerprint density at radius 2 is 0.606 bits per heavy atom. The van der Waals surface area contributed by atoms with Crippen molar-refractivity contribution in [2.24, 2.45) is 43.1 Å². The van der Waals surface area contributed by atoms with Crippen LogP contribution < -0.4 is 0 Å². The minimum atomic E-state index is -2.16. The lowest BCUT2D eigenvalue weighted by Crippen LogP contribution is -2.48. The highest BCUT2D eigenvalue weighted by atomic mass is 16.6. The summed E-state index contributed by atoms with van der Waals surface area (Å²) >= 11 is 0. The minimum Gasteiger partial charge on any atom is -0.465 e. The van der Waals surface area contributed by atoms with Crippen molar-refractivity contribution in [2.75, 3.05) is 99.0 Å². The first-order valence-corrected chi connectivity index (χ1v) is 20.8. The van der Waals surface area contributed by atoms with Gasteiger partial charge in [-0.15, -0.1) is 0 Å². The molecule has 0 spiro atoms. The van der Waals surface area contributed by atoms with Crippen molar-refractivity contribution < 1.29 is 107 Å². The fourth-order valence-electron chi connectivity index (χ4n) is 4.72. The molecule has 0 heterocycles. The molecule has 0 amide bonds. The summed E-state index contributed by atoms with van der Waals surface area (Å²) in [7, 11) is 0. The van der Waals surface area contributed by atoms with Gasteiger partial charge in [0.15, 0.2) is 0 Å². The molecule has 0 radical (unpaired) electrons. The summed E-state index contributed by atoms with van der Waals surface area (Å²) in [6.45, 7) is -3.53. The molecule has 66 heavy (non-hydrogen) atoms. The molecule has 0 bridgehead atoms. The van der Waals surface area contributed by atoms with E-state index in [1.54, 1.807) is 0 Å². The zero-order chi connectivity index (χ0) is 51.2. The highest BCUT2D eigenvalue weighted by Gasteiger charge is 2.48. The number of aliphatic hydroxyl groups is 7. The second-order valence-electron chi connectivity index (χ2n) is 18.4. The van der Waals surface area contributed by atoms with Crippen LogP contribution in [0.3, 0.4) is 0 Å². The van der Waals surface area contributed by atoms with Crippen molar-refractivity contribution >= 4 is 47.6 Å². The molecule has 380 valence electrons. The summed E-state index contributed by atoms with van der Waals surface area (Å²) in [6.07, 6.45) is 1.48. The topological polar surface area (TPSA) is 372 Å². The second-order valence-corrected chi connectivity index (χ2v) is 18.4. The molecule has 7 N–H and O–H groups in total. The molecule has 24 nitrogen and oxygen atoms in total. The van der Waals surface area contributed by atoms with Gasteiger partial charge < -0.3 is 73.7 Å². The molecular formula is C42H69NO23. The van der Waals surface area contributed by atoms with Crippen molar-refractivity contribution in [1.82, 2.24) is 0 Å². The summed E-state index contributed by atoms with van der Waals surface area (Å²) in [5.74, 6) is -8.56. The summed E-state index contributed by atoms with van der Waals surface area (Å²) in [6, 6.07) is 0. The number of aliphatic hydroxyl groups excluding tert-OH is 7. The number of Topliss-reactive ketones (excluding diaryl/α,β-unsaturated/α-hetero) is 1. The summed E-state index contributed by atoms with van der Waals surface area (Å²) < 4.78 is 37.4. The number of rotatable bonds is 34. The number of unbranched alkanes of at least 4 members (excludes halogenated alkanes) is 2. The third-order valence-electron chi connectivity index (χ3n) is 10.8. The van der Waals surface area contributed by atoms with Crippen LogP contribution in [0.25, 0.3) is 0 Å². The largest absolute Gasteiger partial charge is 0.465 e. The van der Waals surface area contributed by atoms with Crippen LogP contribution in [-0.4, -0.2) is 182 Å². The van der Waals surface area contributed by atoms with E-state index in [2.05, 4.69) is 5.18 Å². The molecule has 0 aromatic heterocycles. The Morgan fingerprint density at radius 3 is 0.848 bits per heavy atom. The quantitative estimate of drug-likeness (QED) is 0.0170. The number of nitrogens with zero attached hydrogens (tertiary/aromatic N) is 1. The molecule has 0 aliphatic carbocycles. The summed E-state index contributed by atoms with van der Waals surface area (Å²) in [4.78, 5) is 116. The fourth-order valence-corrected chi connectivity index (χ4v) is 4.72. The minimum absolute atomic E-state index is 0.0564.